The Hall–Kier alpha value is -1.82. The number of hydrogen-bond donors (Lipinski definition) is 1. The number of carbonyl (C=O) groups excluding carboxylic acids is 1. The van der Waals surface area contributed by atoms with Crippen LogP contribution in [0.2, 0.25) is 0 Å². The summed E-state index contributed by atoms with van der Waals surface area (Å²) in [7, 11) is 0. The predicted octanol–water partition coefficient (Wildman–Crippen LogP) is 3.71. The third kappa shape index (κ3) is 4.58. The highest BCUT2D eigenvalue weighted by Crippen LogP contribution is 2.28. The number of hydrogen-bond acceptors (Lipinski definition) is 3. The molecule has 5 nitrogen and oxygen atoms in total. The molecular weight excluding hydrogens is 358 g/mol. The van der Waals surface area contributed by atoms with Crippen LogP contribution < -0.4 is 10.1 Å². The number of carbonyl (C=O) groups is 1. The highest BCUT2D eigenvalue weighted by molar-refractivity contribution is 9.10. The first kappa shape index (κ1) is 17.5. The first-order chi connectivity index (χ1) is 10.9. The highest BCUT2D eigenvalue weighted by atomic mass is 79.9. The van der Waals surface area contributed by atoms with Crippen molar-refractivity contribution in [1.29, 1.82) is 0 Å². The summed E-state index contributed by atoms with van der Waals surface area (Å²) in [6.45, 7) is 6.22. The number of nitrogens with one attached hydrogen (secondary N) is 1. The number of rotatable bonds is 7. The summed E-state index contributed by atoms with van der Waals surface area (Å²) in [5.41, 5.74) is -0.0696. The Bertz CT molecular complexity index is 653. The zero-order valence-corrected chi connectivity index (χ0v) is 15.3. The van der Waals surface area contributed by atoms with E-state index < -0.39 is 5.60 Å². The molecule has 23 heavy (non-hydrogen) atoms. The van der Waals surface area contributed by atoms with Crippen LogP contribution in [0.25, 0.3) is 5.69 Å². The molecule has 2 aromatic rings. The van der Waals surface area contributed by atoms with Gasteiger partial charge in [-0.3, -0.25) is 4.79 Å². The molecule has 0 saturated carbocycles. The van der Waals surface area contributed by atoms with E-state index in [2.05, 4.69) is 33.3 Å². The van der Waals surface area contributed by atoms with Gasteiger partial charge in [-0.1, -0.05) is 31.5 Å². The quantitative estimate of drug-likeness (QED) is 0.745. The molecule has 1 aromatic carbocycles. The topological polar surface area (TPSA) is 56.1 Å². The van der Waals surface area contributed by atoms with Gasteiger partial charge in [0.15, 0.2) is 5.60 Å². The van der Waals surface area contributed by atoms with Gasteiger partial charge >= 0.3 is 0 Å². The molecule has 0 bridgehead atoms. The van der Waals surface area contributed by atoms with Crippen LogP contribution in [0, 0.1) is 0 Å². The summed E-state index contributed by atoms with van der Waals surface area (Å²) in [6.07, 6.45) is 3.80. The SMILES string of the molecule is CCCCNC(=O)C(C)(C)Oc1nn(-c2ccccc2)cc1Br. The fourth-order valence-corrected chi connectivity index (χ4v) is 2.35. The molecule has 1 amide bonds. The first-order valence-electron chi connectivity index (χ1n) is 7.72. The molecule has 1 N–H and O–H groups in total. The molecule has 1 aromatic heterocycles. The van der Waals surface area contributed by atoms with Gasteiger partial charge in [0.1, 0.15) is 0 Å². The number of nitrogens with zero attached hydrogens (tertiary/aromatic N) is 2. The Morgan fingerprint density at radius 1 is 1.35 bits per heavy atom. The summed E-state index contributed by atoms with van der Waals surface area (Å²) in [6, 6.07) is 9.73. The van der Waals surface area contributed by atoms with Crippen molar-refractivity contribution in [2.75, 3.05) is 6.54 Å². The van der Waals surface area contributed by atoms with Gasteiger partial charge in [-0.2, -0.15) is 0 Å². The third-order valence-electron chi connectivity index (χ3n) is 3.37. The molecule has 0 unspecified atom stereocenters. The van der Waals surface area contributed by atoms with Crippen LogP contribution in [0.1, 0.15) is 33.6 Å². The van der Waals surface area contributed by atoms with E-state index in [9.17, 15) is 4.79 Å². The van der Waals surface area contributed by atoms with E-state index in [1.54, 1.807) is 18.5 Å². The lowest BCUT2D eigenvalue weighted by atomic mass is 10.1. The fraction of sp³-hybridized carbons (Fsp3) is 0.412. The van der Waals surface area contributed by atoms with Gasteiger partial charge in [0, 0.05) is 12.7 Å². The van der Waals surface area contributed by atoms with Gasteiger partial charge in [0.25, 0.3) is 5.91 Å². The number of halogens is 1. The Balaban J connectivity index is 2.10. The van der Waals surface area contributed by atoms with E-state index >= 15 is 0 Å². The molecule has 2 rings (SSSR count). The molecule has 124 valence electrons. The van der Waals surface area contributed by atoms with Crippen molar-refractivity contribution in [3.63, 3.8) is 0 Å². The average Bonchev–Trinajstić information content (AvgIpc) is 2.88. The van der Waals surface area contributed by atoms with Crippen LogP contribution in [0.15, 0.2) is 41.0 Å². The molecule has 6 heteroatoms. The molecule has 1 heterocycles. The molecule has 0 fully saturated rings. The predicted molar refractivity (Wildman–Crippen MR) is 93.9 cm³/mol. The van der Waals surface area contributed by atoms with Crippen LogP contribution >= 0.6 is 15.9 Å². The van der Waals surface area contributed by atoms with Crippen molar-refractivity contribution in [3.8, 4) is 11.6 Å². The van der Waals surface area contributed by atoms with Gasteiger partial charge < -0.3 is 10.1 Å². The monoisotopic (exact) mass is 379 g/mol. The first-order valence-corrected chi connectivity index (χ1v) is 8.51. The average molecular weight is 380 g/mol. The number of unbranched alkanes of at least 4 members (excludes halogenated alkanes) is 1. The molecular formula is C17H22BrN3O2. The van der Waals surface area contributed by atoms with E-state index in [0.717, 1.165) is 18.5 Å². The lowest BCUT2D eigenvalue weighted by Gasteiger charge is -2.24. The maximum atomic E-state index is 12.2. The van der Waals surface area contributed by atoms with E-state index in [4.69, 9.17) is 4.74 Å². The van der Waals surface area contributed by atoms with Crippen molar-refractivity contribution in [2.24, 2.45) is 0 Å². The largest absolute Gasteiger partial charge is 0.460 e. The van der Waals surface area contributed by atoms with Crippen molar-refractivity contribution < 1.29 is 9.53 Å². The summed E-state index contributed by atoms with van der Waals surface area (Å²) in [5.74, 6) is 0.247. The number of benzene rings is 1. The molecule has 0 aliphatic rings. The van der Waals surface area contributed by atoms with Gasteiger partial charge in [-0.15, -0.1) is 5.10 Å². The third-order valence-corrected chi connectivity index (χ3v) is 3.92. The second-order valence-corrected chi connectivity index (χ2v) is 6.64. The summed E-state index contributed by atoms with van der Waals surface area (Å²) < 4.78 is 8.25. The molecule has 0 atom stereocenters. The summed E-state index contributed by atoms with van der Waals surface area (Å²) in [4.78, 5) is 12.2. The van der Waals surface area contributed by atoms with Crippen molar-refractivity contribution >= 4 is 21.8 Å². The lowest BCUT2D eigenvalue weighted by Crippen LogP contribution is -2.47. The Morgan fingerprint density at radius 2 is 2.04 bits per heavy atom. The number of amides is 1. The van der Waals surface area contributed by atoms with Gasteiger partial charge in [-0.25, -0.2) is 4.68 Å². The molecule has 0 aliphatic carbocycles. The van der Waals surface area contributed by atoms with Crippen LogP contribution in [0.3, 0.4) is 0 Å². The molecule has 0 aliphatic heterocycles. The Kier molecular flexibility index (Phi) is 5.82. The maximum absolute atomic E-state index is 12.2. The van der Waals surface area contributed by atoms with E-state index in [1.165, 1.54) is 0 Å². The van der Waals surface area contributed by atoms with E-state index in [1.807, 2.05) is 36.5 Å². The molecule has 0 radical (unpaired) electrons. The second-order valence-electron chi connectivity index (χ2n) is 5.78. The zero-order chi connectivity index (χ0) is 16.9. The molecule has 0 spiro atoms. The number of para-hydroxylation sites is 1. The summed E-state index contributed by atoms with van der Waals surface area (Å²) in [5, 5.41) is 7.30. The van der Waals surface area contributed by atoms with Gasteiger partial charge in [-0.05, 0) is 48.3 Å². The van der Waals surface area contributed by atoms with Crippen molar-refractivity contribution in [1.82, 2.24) is 15.1 Å². The minimum absolute atomic E-state index is 0.146. The summed E-state index contributed by atoms with van der Waals surface area (Å²) >= 11 is 3.44. The highest BCUT2D eigenvalue weighted by Gasteiger charge is 2.31. The zero-order valence-electron chi connectivity index (χ0n) is 13.7. The van der Waals surface area contributed by atoms with E-state index in [-0.39, 0.29) is 5.91 Å². The standard InChI is InChI=1S/C17H22BrN3O2/c1-4-5-11-19-16(22)17(2,3)23-15-14(18)12-21(20-15)13-9-7-6-8-10-13/h6-10,12H,4-5,11H2,1-3H3,(H,19,22). The molecule has 0 saturated heterocycles. The smallest absolute Gasteiger partial charge is 0.263 e. The number of ether oxygens (including phenoxy) is 1. The Morgan fingerprint density at radius 3 is 2.70 bits per heavy atom. The second kappa shape index (κ2) is 7.64. The van der Waals surface area contributed by atoms with Crippen LogP contribution in [0.4, 0.5) is 0 Å². The van der Waals surface area contributed by atoms with Crippen LogP contribution in [-0.2, 0) is 4.79 Å². The maximum Gasteiger partial charge on any atom is 0.263 e. The Labute approximate surface area is 145 Å². The van der Waals surface area contributed by atoms with Gasteiger partial charge in [0.05, 0.1) is 10.2 Å². The lowest BCUT2D eigenvalue weighted by molar-refractivity contribution is -0.134. The van der Waals surface area contributed by atoms with Crippen molar-refractivity contribution in [2.45, 2.75) is 39.2 Å². The van der Waals surface area contributed by atoms with Crippen molar-refractivity contribution in [3.05, 3.63) is 41.0 Å². The minimum atomic E-state index is -0.994. The minimum Gasteiger partial charge on any atom is -0.460 e. The van der Waals surface area contributed by atoms with E-state index in [0.29, 0.717) is 16.9 Å². The normalized spacial score (nSPS) is 11.3. The number of aromatic nitrogens is 2. The fourth-order valence-electron chi connectivity index (χ4n) is 2.00. The van der Waals surface area contributed by atoms with Crippen LogP contribution in [-0.4, -0.2) is 27.8 Å². The van der Waals surface area contributed by atoms with Crippen LogP contribution in [0.5, 0.6) is 5.88 Å². The van der Waals surface area contributed by atoms with Gasteiger partial charge in [0.2, 0.25) is 5.88 Å².